The van der Waals surface area contributed by atoms with Crippen molar-refractivity contribution in [1.29, 1.82) is 0 Å². The van der Waals surface area contributed by atoms with Crippen molar-refractivity contribution >= 4 is 17.4 Å². The molecule has 7 heteroatoms. The van der Waals surface area contributed by atoms with Crippen molar-refractivity contribution in [2.24, 2.45) is 0 Å². The van der Waals surface area contributed by atoms with Gasteiger partial charge in [-0.25, -0.2) is 4.98 Å². The summed E-state index contributed by atoms with van der Waals surface area (Å²) >= 11 is 0. The number of morpholine rings is 1. The lowest BCUT2D eigenvalue weighted by molar-refractivity contribution is -0.135. The summed E-state index contributed by atoms with van der Waals surface area (Å²) in [5.74, 6) is 1.04. The number of hydrogen-bond donors (Lipinski definition) is 1. The number of aromatic nitrogens is 2. The Hall–Kier alpha value is -2.51. The average molecular weight is 396 g/mol. The van der Waals surface area contributed by atoms with Crippen LogP contribution in [0.5, 0.6) is 0 Å². The number of aryl methyl sites for hydroxylation is 1. The third-order valence-corrected chi connectivity index (χ3v) is 5.50. The number of amides is 1. The molecule has 1 unspecified atom stereocenters. The van der Waals surface area contributed by atoms with Gasteiger partial charge in [0.25, 0.3) is 0 Å². The Kier molecular flexibility index (Phi) is 6.36. The van der Waals surface area contributed by atoms with E-state index < -0.39 is 0 Å². The number of ether oxygens (including phenoxy) is 1. The minimum absolute atomic E-state index is 0.107. The van der Waals surface area contributed by atoms with Crippen molar-refractivity contribution < 1.29 is 9.53 Å². The number of rotatable bonds is 5. The van der Waals surface area contributed by atoms with Crippen LogP contribution in [0, 0.1) is 6.92 Å². The van der Waals surface area contributed by atoms with Crippen molar-refractivity contribution in [2.45, 2.75) is 32.3 Å². The second-order valence-corrected chi connectivity index (χ2v) is 7.80. The van der Waals surface area contributed by atoms with Crippen LogP contribution in [0.4, 0.5) is 11.5 Å². The molecule has 4 heterocycles. The topological polar surface area (TPSA) is 70.6 Å². The number of hydrogen-bond acceptors (Lipinski definition) is 6. The molecule has 0 aliphatic carbocycles. The molecule has 2 fully saturated rings. The largest absolute Gasteiger partial charge is 0.369 e. The maximum absolute atomic E-state index is 12.6. The van der Waals surface area contributed by atoms with E-state index >= 15 is 0 Å². The molecule has 29 heavy (non-hydrogen) atoms. The van der Waals surface area contributed by atoms with Gasteiger partial charge < -0.3 is 15.0 Å². The Bertz CT molecular complexity index is 820. The van der Waals surface area contributed by atoms with Crippen LogP contribution in [0.3, 0.4) is 0 Å². The smallest absolute Gasteiger partial charge is 0.236 e. The van der Waals surface area contributed by atoms with Gasteiger partial charge in [-0.05, 0) is 50.5 Å². The van der Waals surface area contributed by atoms with E-state index in [4.69, 9.17) is 4.74 Å². The van der Waals surface area contributed by atoms with Gasteiger partial charge in [-0.3, -0.25) is 14.7 Å². The molecule has 0 spiro atoms. The fraction of sp³-hybridized carbons (Fsp3) is 0.500. The van der Waals surface area contributed by atoms with E-state index in [1.54, 1.807) is 6.20 Å². The molecule has 0 radical (unpaired) electrons. The van der Waals surface area contributed by atoms with E-state index in [1.807, 2.05) is 42.2 Å². The summed E-state index contributed by atoms with van der Waals surface area (Å²) in [5.41, 5.74) is 2.75. The van der Waals surface area contributed by atoms with Crippen LogP contribution in [0.2, 0.25) is 0 Å². The van der Waals surface area contributed by atoms with Crippen LogP contribution in [-0.4, -0.2) is 65.0 Å². The lowest BCUT2D eigenvalue weighted by atomic mass is 10.1. The van der Waals surface area contributed by atoms with Gasteiger partial charge in [0.05, 0.1) is 30.7 Å². The van der Waals surface area contributed by atoms with Gasteiger partial charge in [0, 0.05) is 31.9 Å². The third kappa shape index (κ3) is 5.31. The van der Waals surface area contributed by atoms with Crippen molar-refractivity contribution in [1.82, 2.24) is 19.8 Å². The molecule has 7 nitrogen and oxygen atoms in total. The first kappa shape index (κ1) is 19.8. The number of pyridine rings is 2. The van der Waals surface area contributed by atoms with Crippen LogP contribution < -0.4 is 5.32 Å². The first-order valence-corrected chi connectivity index (χ1v) is 10.5. The molecule has 2 aliphatic rings. The zero-order valence-corrected chi connectivity index (χ0v) is 17.0. The molecule has 4 rings (SSSR count). The molecular formula is C22H29N5O2. The zero-order valence-electron chi connectivity index (χ0n) is 17.0. The summed E-state index contributed by atoms with van der Waals surface area (Å²) in [6, 6.07) is 9.85. The van der Waals surface area contributed by atoms with Crippen LogP contribution in [0.1, 0.15) is 36.8 Å². The van der Waals surface area contributed by atoms with Gasteiger partial charge >= 0.3 is 0 Å². The first-order valence-electron chi connectivity index (χ1n) is 10.5. The molecule has 1 atom stereocenters. The fourth-order valence-electron chi connectivity index (χ4n) is 3.89. The maximum atomic E-state index is 12.6. The Labute approximate surface area is 172 Å². The van der Waals surface area contributed by atoms with Crippen molar-refractivity contribution in [3.8, 4) is 0 Å². The minimum atomic E-state index is -0.107. The number of nitrogens with zero attached hydrogens (tertiary/aromatic N) is 4. The van der Waals surface area contributed by atoms with E-state index in [0.717, 1.165) is 55.4 Å². The highest BCUT2D eigenvalue weighted by atomic mass is 16.5. The van der Waals surface area contributed by atoms with Crippen LogP contribution in [0.25, 0.3) is 0 Å². The molecule has 1 amide bonds. The summed E-state index contributed by atoms with van der Waals surface area (Å²) < 4.78 is 5.93. The molecule has 2 aliphatic heterocycles. The molecule has 0 aromatic carbocycles. The third-order valence-electron chi connectivity index (χ3n) is 5.50. The standard InChI is InChI=1S/C22H29N5O2/c1-17-6-5-7-21(24-17)25-18-8-9-19(23-14-18)20-15-26(12-13-29-20)16-22(28)27-10-3-2-4-11-27/h5-9,14,20H,2-4,10-13,15-16H2,1H3,(H,24,25). The Balaban J connectivity index is 1.33. The van der Waals surface area contributed by atoms with Crippen molar-refractivity contribution in [3.05, 3.63) is 47.9 Å². The highest BCUT2D eigenvalue weighted by Gasteiger charge is 2.26. The number of piperidine rings is 1. The first-order chi connectivity index (χ1) is 14.2. The van der Waals surface area contributed by atoms with E-state index in [9.17, 15) is 4.79 Å². The van der Waals surface area contributed by atoms with Gasteiger partial charge in [-0.2, -0.15) is 0 Å². The Morgan fingerprint density at radius 3 is 2.79 bits per heavy atom. The lowest BCUT2D eigenvalue weighted by Crippen LogP contribution is -2.46. The molecule has 0 saturated carbocycles. The molecule has 2 aromatic heterocycles. The number of likely N-dealkylation sites (tertiary alicyclic amines) is 1. The maximum Gasteiger partial charge on any atom is 0.236 e. The highest BCUT2D eigenvalue weighted by Crippen LogP contribution is 2.23. The summed E-state index contributed by atoms with van der Waals surface area (Å²) in [4.78, 5) is 25.8. The summed E-state index contributed by atoms with van der Waals surface area (Å²) in [6.07, 6.45) is 5.18. The van der Waals surface area contributed by atoms with Gasteiger partial charge in [0.2, 0.25) is 5.91 Å². The van der Waals surface area contributed by atoms with Gasteiger partial charge in [0.1, 0.15) is 11.9 Å². The summed E-state index contributed by atoms with van der Waals surface area (Å²) in [7, 11) is 0. The Morgan fingerprint density at radius 1 is 1.17 bits per heavy atom. The Morgan fingerprint density at radius 2 is 2.03 bits per heavy atom. The molecule has 154 valence electrons. The molecule has 1 N–H and O–H groups in total. The second-order valence-electron chi connectivity index (χ2n) is 7.80. The normalized spacial score (nSPS) is 20.4. The number of carbonyl (C=O) groups is 1. The van der Waals surface area contributed by atoms with E-state index in [1.165, 1.54) is 6.42 Å². The summed E-state index contributed by atoms with van der Waals surface area (Å²) in [6.45, 7) is 6.34. The van der Waals surface area contributed by atoms with Gasteiger partial charge in [-0.1, -0.05) is 6.07 Å². The van der Waals surface area contributed by atoms with Crippen LogP contribution in [0.15, 0.2) is 36.5 Å². The van der Waals surface area contributed by atoms with Crippen molar-refractivity contribution in [3.63, 3.8) is 0 Å². The number of carbonyl (C=O) groups excluding carboxylic acids is 1. The highest BCUT2D eigenvalue weighted by molar-refractivity contribution is 5.78. The number of nitrogens with one attached hydrogen (secondary N) is 1. The quantitative estimate of drug-likeness (QED) is 0.839. The lowest BCUT2D eigenvalue weighted by Gasteiger charge is -2.34. The van der Waals surface area contributed by atoms with Gasteiger partial charge in [0.15, 0.2) is 0 Å². The van der Waals surface area contributed by atoms with Gasteiger partial charge in [-0.15, -0.1) is 0 Å². The van der Waals surface area contributed by atoms with Crippen molar-refractivity contribution in [2.75, 3.05) is 44.6 Å². The summed E-state index contributed by atoms with van der Waals surface area (Å²) in [5, 5.41) is 3.27. The minimum Gasteiger partial charge on any atom is -0.369 e. The van der Waals surface area contributed by atoms with E-state index in [2.05, 4.69) is 20.2 Å². The molecule has 2 aromatic rings. The van der Waals surface area contributed by atoms with Crippen LogP contribution in [-0.2, 0) is 9.53 Å². The predicted octanol–water partition coefficient (Wildman–Crippen LogP) is 2.91. The zero-order chi connectivity index (χ0) is 20.1. The molecule has 0 bridgehead atoms. The number of anilines is 2. The molecule has 2 saturated heterocycles. The second kappa shape index (κ2) is 9.33. The molecular weight excluding hydrogens is 366 g/mol. The predicted molar refractivity (Wildman–Crippen MR) is 112 cm³/mol. The average Bonchev–Trinajstić information content (AvgIpc) is 2.75. The SMILES string of the molecule is Cc1cccc(Nc2ccc(C3CN(CC(=O)N4CCCCC4)CCO3)nc2)n1. The van der Waals surface area contributed by atoms with E-state index in [0.29, 0.717) is 19.7 Å². The van der Waals surface area contributed by atoms with E-state index in [-0.39, 0.29) is 12.0 Å². The monoisotopic (exact) mass is 395 g/mol. The fourth-order valence-corrected chi connectivity index (χ4v) is 3.89. The van der Waals surface area contributed by atoms with Crippen LogP contribution >= 0.6 is 0 Å².